The van der Waals surface area contributed by atoms with Gasteiger partial charge in [0.05, 0.1) is 0 Å². The average Bonchev–Trinajstić information content (AvgIpc) is 2.70. The highest BCUT2D eigenvalue weighted by molar-refractivity contribution is 9.10. The van der Waals surface area contributed by atoms with E-state index < -0.39 is 0 Å². The monoisotopic (exact) mass is 276 g/mol. The van der Waals surface area contributed by atoms with Gasteiger partial charge in [0.15, 0.2) is 0 Å². The number of hydrogen-bond donors (Lipinski definition) is 0. The zero-order chi connectivity index (χ0) is 11.1. The van der Waals surface area contributed by atoms with E-state index >= 15 is 0 Å². The molecule has 0 aliphatic heterocycles. The molecule has 0 aromatic heterocycles. The summed E-state index contributed by atoms with van der Waals surface area (Å²) >= 11 is 3.52. The van der Waals surface area contributed by atoms with Crippen molar-refractivity contribution in [2.24, 2.45) is 0 Å². The van der Waals surface area contributed by atoms with Crippen LogP contribution in [0.1, 0.15) is 11.1 Å². The first kappa shape index (κ1) is 9.85. The second kappa shape index (κ2) is 3.59. The van der Waals surface area contributed by atoms with Gasteiger partial charge in [-0.3, -0.25) is 4.79 Å². The average molecular weight is 277 g/mol. The highest BCUT2D eigenvalue weighted by Crippen LogP contribution is 2.40. The van der Waals surface area contributed by atoms with E-state index in [0.717, 1.165) is 22.7 Å². The molecule has 3 heteroatoms. The zero-order valence-corrected chi connectivity index (χ0v) is 10.1. The molecule has 2 aromatic carbocycles. The molecule has 1 aliphatic carbocycles. The fourth-order valence-corrected chi connectivity index (χ4v) is 2.93. The Kier molecular flexibility index (Phi) is 2.21. The first-order valence-electron chi connectivity index (χ1n) is 5.14. The number of benzene rings is 2. The molecular weight excluding hydrogens is 268 g/mol. The Morgan fingerprint density at radius 1 is 1.06 bits per heavy atom. The summed E-state index contributed by atoms with van der Waals surface area (Å²) in [5, 5.41) is 2.26. The highest BCUT2D eigenvalue weighted by Gasteiger charge is 2.18. The first-order valence-corrected chi connectivity index (χ1v) is 5.94. The van der Waals surface area contributed by atoms with Crippen LogP contribution in [0.4, 0.5) is 0 Å². The predicted octanol–water partition coefficient (Wildman–Crippen LogP) is 3.24. The maximum Gasteiger partial charge on any atom is 0.298 e. The Morgan fingerprint density at radius 3 is 2.44 bits per heavy atom. The second-order valence-electron chi connectivity index (χ2n) is 3.89. The van der Waals surface area contributed by atoms with Gasteiger partial charge in [0.1, 0.15) is 5.75 Å². The maximum atomic E-state index is 10.5. The van der Waals surface area contributed by atoms with E-state index in [1.165, 1.54) is 16.5 Å². The lowest BCUT2D eigenvalue weighted by molar-refractivity contribution is -0.120. The quantitative estimate of drug-likeness (QED) is 0.788. The van der Waals surface area contributed by atoms with Crippen LogP contribution in [0.2, 0.25) is 0 Å². The minimum Gasteiger partial charge on any atom is -0.428 e. The van der Waals surface area contributed by atoms with Crippen molar-refractivity contribution in [1.29, 1.82) is 0 Å². The molecule has 0 N–H and O–H groups in total. The normalized spacial score (nSPS) is 13.1. The van der Waals surface area contributed by atoms with Gasteiger partial charge in [0, 0.05) is 9.86 Å². The molecule has 16 heavy (non-hydrogen) atoms. The number of hydrogen-bond acceptors (Lipinski definition) is 2. The fourth-order valence-electron chi connectivity index (χ4n) is 2.41. The Bertz CT molecular complexity index is 580. The third-order valence-corrected chi connectivity index (χ3v) is 3.74. The Morgan fingerprint density at radius 2 is 1.75 bits per heavy atom. The number of carbonyl (C=O) groups excluding carboxylic acids is 1. The topological polar surface area (TPSA) is 26.3 Å². The summed E-state index contributed by atoms with van der Waals surface area (Å²) in [5.41, 5.74) is 2.68. The summed E-state index contributed by atoms with van der Waals surface area (Å²) < 4.78 is 6.01. The van der Waals surface area contributed by atoms with Gasteiger partial charge in [-0.05, 0) is 41.5 Å². The van der Waals surface area contributed by atoms with E-state index in [1.54, 1.807) is 0 Å². The Labute approximate surface area is 101 Å². The molecule has 1 aliphatic rings. The van der Waals surface area contributed by atoms with Crippen LogP contribution in [0.5, 0.6) is 5.75 Å². The van der Waals surface area contributed by atoms with Crippen molar-refractivity contribution in [3.05, 3.63) is 39.9 Å². The van der Waals surface area contributed by atoms with Crippen molar-refractivity contribution in [3.8, 4) is 5.75 Å². The SMILES string of the molecule is O=COc1ccc2c3c(ccc(Br)c13)CC2. The lowest BCUT2D eigenvalue weighted by Crippen LogP contribution is -1.91. The predicted molar refractivity (Wildman–Crippen MR) is 65.7 cm³/mol. The standard InChI is InChI=1S/C13H9BrO2/c14-10-5-3-8-1-2-9-4-6-11(16-7-15)13(10)12(8)9/h3-7H,1-2H2. The number of ether oxygens (including phenoxy) is 1. The summed E-state index contributed by atoms with van der Waals surface area (Å²) in [6.45, 7) is 0.478. The van der Waals surface area contributed by atoms with Gasteiger partial charge in [-0.15, -0.1) is 0 Å². The molecule has 80 valence electrons. The van der Waals surface area contributed by atoms with E-state index in [4.69, 9.17) is 4.74 Å². The van der Waals surface area contributed by atoms with E-state index in [0.29, 0.717) is 12.2 Å². The van der Waals surface area contributed by atoms with Crippen LogP contribution < -0.4 is 4.74 Å². The van der Waals surface area contributed by atoms with E-state index in [1.807, 2.05) is 18.2 Å². The molecular formula is C13H9BrO2. The Balaban J connectivity index is 2.43. The molecule has 3 rings (SSSR count). The van der Waals surface area contributed by atoms with Gasteiger partial charge < -0.3 is 4.74 Å². The third kappa shape index (κ3) is 1.28. The molecule has 0 amide bonds. The van der Waals surface area contributed by atoms with Crippen LogP contribution in [0.25, 0.3) is 10.8 Å². The molecule has 0 atom stereocenters. The van der Waals surface area contributed by atoms with E-state index in [2.05, 4.69) is 22.0 Å². The lowest BCUT2D eigenvalue weighted by atomic mass is 10.0. The van der Waals surface area contributed by atoms with Crippen LogP contribution in [0, 0.1) is 0 Å². The third-order valence-electron chi connectivity index (χ3n) is 3.08. The van der Waals surface area contributed by atoms with Crippen LogP contribution in [0.3, 0.4) is 0 Å². The lowest BCUT2D eigenvalue weighted by Gasteiger charge is -2.08. The van der Waals surface area contributed by atoms with Crippen molar-refractivity contribution < 1.29 is 9.53 Å². The smallest absolute Gasteiger partial charge is 0.298 e. The van der Waals surface area contributed by atoms with E-state index in [-0.39, 0.29) is 0 Å². The first-order chi connectivity index (χ1) is 7.81. The molecule has 0 saturated carbocycles. The minimum atomic E-state index is 0.478. The molecule has 2 nitrogen and oxygen atoms in total. The molecule has 0 unspecified atom stereocenters. The van der Waals surface area contributed by atoms with Gasteiger partial charge in [-0.2, -0.15) is 0 Å². The van der Waals surface area contributed by atoms with Crippen molar-refractivity contribution >= 4 is 33.2 Å². The number of aryl methyl sites for hydroxylation is 2. The second-order valence-corrected chi connectivity index (χ2v) is 4.75. The molecule has 0 fully saturated rings. The van der Waals surface area contributed by atoms with Gasteiger partial charge in [0.2, 0.25) is 0 Å². The molecule has 0 heterocycles. The summed E-state index contributed by atoms with van der Waals surface area (Å²) in [7, 11) is 0. The molecule has 2 aromatic rings. The summed E-state index contributed by atoms with van der Waals surface area (Å²) in [6, 6.07) is 8.06. The van der Waals surface area contributed by atoms with Gasteiger partial charge >= 0.3 is 0 Å². The van der Waals surface area contributed by atoms with Crippen molar-refractivity contribution in [2.45, 2.75) is 12.8 Å². The van der Waals surface area contributed by atoms with E-state index in [9.17, 15) is 4.79 Å². The molecule has 0 saturated heterocycles. The largest absolute Gasteiger partial charge is 0.428 e. The van der Waals surface area contributed by atoms with Crippen LogP contribution >= 0.6 is 15.9 Å². The van der Waals surface area contributed by atoms with Crippen molar-refractivity contribution in [2.75, 3.05) is 0 Å². The highest BCUT2D eigenvalue weighted by atomic mass is 79.9. The Hall–Kier alpha value is -1.35. The molecule has 0 bridgehead atoms. The van der Waals surface area contributed by atoms with Crippen LogP contribution in [-0.4, -0.2) is 6.47 Å². The van der Waals surface area contributed by atoms with Gasteiger partial charge in [-0.25, -0.2) is 0 Å². The van der Waals surface area contributed by atoms with Crippen molar-refractivity contribution in [1.82, 2.24) is 0 Å². The van der Waals surface area contributed by atoms with Gasteiger partial charge in [-0.1, -0.05) is 28.1 Å². The molecule has 0 spiro atoms. The number of rotatable bonds is 2. The number of halogens is 1. The summed E-state index contributed by atoms with van der Waals surface area (Å²) in [6.07, 6.45) is 2.15. The fraction of sp³-hybridized carbons (Fsp3) is 0.154. The summed E-state index contributed by atoms with van der Waals surface area (Å²) in [5.74, 6) is 0.629. The maximum absolute atomic E-state index is 10.5. The van der Waals surface area contributed by atoms with Crippen molar-refractivity contribution in [3.63, 3.8) is 0 Å². The molecule has 0 radical (unpaired) electrons. The zero-order valence-electron chi connectivity index (χ0n) is 8.50. The summed E-state index contributed by atoms with van der Waals surface area (Å²) in [4.78, 5) is 10.5. The number of carbonyl (C=O) groups is 1. The minimum absolute atomic E-state index is 0.478. The van der Waals surface area contributed by atoms with Crippen LogP contribution in [-0.2, 0) is 17.6 Å². The van der Waals surface area contributed by atoms with Crippen LogP contribution in [0.15, 0.2) is 28.7 Å². The van der Waals surface area contributed by atoms with Gasteiger partial charge in [0.25, 0.3) is 6.47 Å².